The van der Waals surface area contributed by atoms with Gasteiger partial charge in [-0.15, -0.1) is 0 Å². The number of fused-ring (bicyclic) bond motifs is 1. The van der Waals surface area contributed by atoms with Crippen molar-refractivity contribution in [1.29, 1.82) is 0 Å². The lowest BCUT2D eigenvalue weighted by molar-refractivity contribution is -0.137. The zero-order valence-electron chi connectivity index (χ0n) is 17.5. The van der Waals surface area contributed by atoms with Crippen LogP contribution in [0, 0.1) is 5.92 Å². The Kier molecular flexibility index (Phi) is 5.74. The van der Waals surface area contributed by atoms with Crippen LogP contribution in [0.5, 0.6) is 0 Å². The van der Waals surface area contributed by atoms with Crippen LogP contribution in [-0.2, 0) is 11.8 Å². The lowest BCUT2D eigenvalue weighted by atomic mass is 9.94. The molecule has 30 heavy (non-hydrogen) atoms. The highest BCUT2D eigenvalue weighted by Crippen LogP contribution is 2.27. The van der Waals surface area contributed by atoms with Crippen LogP contribution in [0.25, 0.3) is 11.2 Å². The smallest absolute Gasteiger partial charge is 0.246 e. The van der Waals surface area contributed by atoms with E-state index in [-0.39, 0.29) is 17.9 Å². The molecule has 0 saturated carbocycles. The van der Waals surface area contributed by atoms with Gasteiger partial charge < -0.3 is 9.47 Å². The van der Waals surface area contributed by atoms with Gasteiger partial charge in [0.25, 0.3) is 0 Å². The van der Waals surface area contributed by atoms with Crippen LogP contribution in [0.1, 0.15) is 26.2 Å². The van der Waals surface area contributed by atoms with E-state index in [4.69, 9.17) is 0 Å². The standard InChI is InChI=1S/C22H27N7O/c1-4-5-6-7-16(2)19-8-11-25-29(19)21(30)17-9-12-28(13-10-17)22-23-14-18-20(26-22)27(3)15-24-18/h4-7,11,14-15,17,19H,2,8-10,12-13H2,1,3H3/b5-4-,7-6-/t19-/m0/s1. The molecule has 2 aromatic heterocycles. The molecule has 0 aliphatic carbocycles. The first-order valence-corrected chi connectivity index (χ1v) is 10.3. The Morgan fingerprint density at radius 3 is 2.80 bits per heavy atom. The summed E-state index contributed by atoms with van der Waals surface area (Å²) in [5.74, 6) is 0.723. The number of rotatable bonds is 5. The van der Waals surface area contributed by atoms with Gasteiger partial charge in [-0.3, -0.25) is 4.79 Å². The topological polar surface area (TPSA) is 79.5 Å². The number of hydrogen-bond acceptors (Lipinski definition) is 6. The summed E-state index contributed by atoms with van der Waals surface area (Å²) < 4.78 is 1.89. The van der Waals surface area contributed by atoms with Crippen LogP contribution >= 0.6 is 0 Å². The molecule has 2 aromatic rings. The van der Waals surface area contributed by atoms with Crippen LogP contribution < -0.4 is 4.90 Å². The number of nitrogens with zero attached hydrogens (tertiary/aromatic N) is 7. The number of hydrazone groups is 1. The first kappa shape index (κ1) is 20.0. The molecule has 0 radical (unpaired) electrons. The molecule has 1 amide bonds. The van der Waals surface area contributed by atoms with Gasteiger partial charge in [-0.05, 0) is 25.3 Å². The monoisotopic (exact) mass is 405 g/mol. The van der Waals surface area contributed by atoms with E-state index in [0.29, 0.717) is 12.4 Å². The van der Waals surface area contributed by atoms with E-state index < -0.39 is 0 Å². The summed E-state index contributed by atoms with van der Waals surface area (Å²) in [7, 11) is 1.92. The third-order valence-electron chi connectivity index (χ3n) is 5.67. The van der Waals surface area contributed by atoms with E-state index in [2.05, 4.69) is 31.5 Å². The maximum atomic E-state index is 13.1. The maximum Gasteiger partial charge on any atom is 0.246 e. The molecule has 0 aromatic carbocycles. The van der Waals surface area contributed by atoms with Crippen LogP contribution in [0.2, 0.25) is 0 Å². The minimum atomic E-state index is -0.0902. The van der Waals surface area contributed by atoms with Crippen LogP contribution in [0.3, 0.4) is 0 Å². The second-order valence-corrected chi connectivity index (χ2v) is 7.69. The fourth-order valence-corrected chi connectivity index (χ4v) is 3.91. The Hall–Kier alpha value is -3.29. The number of allylic oxidation sites excluding steroid dienone is 3. The van der Waals surface area contributed by atoms with Crippen molar-refractivity contribution in [1.82, 2.24) is 24.5 Å². The second-order valence-electron chi connectivity index (χ2n) is 7.69. The Labute approximate surface area is 176 Å². The maximum absolute atomic E-state index is 13.1. The molecule has 8 heteroatoms. The molecular weight excluding hydrogens is 378 g/mol. The Bertz CT molecular complexity index is 1030. The van der Waals surface area contributed by atoms with E-state index in [9.17, 15) is 4.79 Å². The average molecular weight is 406 g/mol. The summed E-state index contributed by atoms with van der Waals surface area (Å²) in [5.41, 5.74) is 2.50. The number of aryl methyl sites for hydroxylation is 1. The second kappa shape index (κ2) is 8.61. The van der Waals surface area contributed by atoms with Crippen LogP contribution in [-0.4, -0.2) is 55.8 Å². The van der Waals surface area contributed by atoms with Gasteiger partial charge in [-0.1, -0.05) is 30.9 Å². The molecule has 156 valence electrons. The van der Waals surface area contributed by atoms with Gasteiger partial charge in [-0.2, -0.15) is 10.1 Å². The van der Waals surface area contributed by atoms with Crippen molar-refractivity contribution in [2.75, 3.05) is 18.0 Å². The minimum absolute atomic E-state index is 0.0493. The van der Waals surface area contributed by atoms with Crippen molar-refractivity contribution in [3.05, 3.63) is 49.0 Å². The number of piperidine rings is 1. The van der Waals surface area contributed by atoms with E-state index in [0.717, 1.165) is 42.7 Å². The number of hydrogen-bond donors (Lipinski definition) is 0. The molecule has 8 nitrogen and oxygen atoms in total. The number of imidazole rings is 1. The van der Waals surface area contributed by atoms with Crippen molar-refractivity contribution < 1.29 is 4.79 Å². The van der Waals surface area contributed by atoms with Gasteiger partial charge in [0.1, 0.15) is 5.52 Å². The fraction of sp³-hybridized carbons (Fsp3) is 0.409. The summed E-state index contributed by atoms with van der Waals surface area (Å²) in [4.78, 5) is 28.7. The van der Waals surface area contributed by atoms with Crippen molar-refractivity contribution in [3.8, 4) is 0 Å². The van der Waals surface area contributed by atoms with Gasteiger partial charge in [0.05, 0.1) is 18.6 Å². The van der Waals surface area contributed by atoms with Crippen LogP contribution in [0.15, 0.2) is 54.1 Å². The fourth-order valence-electron chi connectivity index (χ4n) is 3.91. The summed E-state index contributed by atoms with van der Waals surface area (Å²) in [6, 6.07) is -0.0902. The van der Waals surface area contributed by atoms with E-state index in [1.807, 2.05) is 49.1 Å². The van der Waals surface area contributed by atoms with E-state index in [1.54, 1.807) is 17.5 Å². The number of carbonyl (C=O) groups is 1. The highest BCUT2D eigenvalue weighted by Gasteiger charge is 2.35. The quantitative estimate of drug-likeness (QED) is 0.715. The predicted octanol–water partition coefficient (Wildman–Crippen LogP) is 2.85. The number of carbonyl (C=O) groups excluding carboxylic acids is 1. The van der Waals surface area contributed by atoms with Gasteiger partial charge in [0, 0.05) is 38.7 Å². The lowest BCUT2D eigenvalue weighted by Gasteiger charge is -2.33. The zero-order valence-corrected chi connectivity index (χ0v) is 17.5. The van der Waals surface area contributed by atoms with Gasteiger partial charge in [-0.25, -0.2) is 15.0 Å². The van der Waals surface area contributed by atoms with E-state index >= 15 is 0 Å². The van der Waals surface area contributed by atoms with Crippen molar-refractivity contribution in [3.63, 3.8) is 0 Å². The van der Waals surface area contributed by atoms with Crippen molar-refractivity contribution >= 4 is 29.2 Å². The van der Waals surface area contributed by atoms with Gasteiger partial charge in [0.15, 0.2) is 5.65 Å². The lowest BCUT2D eigenvalue weighted by Crippen LogP contribution is -2.43. The normalized spacial score (nSPS) is 20.3. The number of anilines is 1. The molecule has 4 heterocycles. The van der Waals surface area contributed by atoms with E-state index in [1.165, 1.54) is 0 Å². The third-order valence-corrected chi connectivity index (χ3v) is 5.67. The molecule has 2 aliphatic heterocycles. The Morgan fingerprint density at radius 1 is 1.23 bits per heavy atom. The Balaban J connectivity index is 1.39. The number of amides is 1. The molecular formula is C22H27N7O. The third kappa shape index (κ3) is 3.90. The predicted molar refractivity (Wildman–Crippen MR) is 118 cm³/mol. The molecule has 0 N–H and O–H groups in total. The highest BCUT2D eigenvalue weighted by molar-refractivity contribution is 5.82. The molecule has 4 rings (SSSR count). The molecule has 0 spiro atoms. The molecule has 1 atom stereocenters. The first-order valence-electron chi connectivity index (χ1n) is 10.3. The largest absolute Gasteiger partial charge is 0.341 e. The summed E-state index contributed by atoms with van der Waals surface area (Å²) in [6.07, 6.45) is 15.3. The molecule has 0 unspecified atom stereocenters. The van der Waals surface area contributed by atoms with Crippen molar-refractivity contribution in [2.45, 2.75) is 32.2 Å². The van der Waals surface area contributed by atoms with Gasteiger partial charge in [0.2, 0.25) is 11.9 Å². The summed E-state index contributed by atoms with van der Waals surface area (Å²) in [5, 5.41) is 5.98. The molecule has 2 aliphatic rings. The number of aromatic nitrogens is 4. The van der Waals surface area contributed by atoms with Crippen molar-refractivity contribution in [2.24, 2.45) is 18.1 Å². The average Bonchev–Trinajstić information content (AvgIpc) is 3.40. The zero-order chi connectivity index (χ0) is 21.1. The SMILES string of the molecule is C=C(/C=C\C=C/C)[C@@H]1CC=NN1C(=O)C1CCN(c2ncc3ncn(C)c3n2)CC1. The Morgan fingerprint density at radius 2 is 2.03 bits per heavy atom. The molecule has 1 fully saturated rings. The minimum Gasteiger partial charge on any atom is -0.341 e. The summed E-state index contributed by atoms with van der Waals surface area (Å²) >= 11 is 0. The highest BCUT2D eigenvalue weighted by atomic mass is 16.2. The molecule has 1 saturated heterocycles. The van der Waals surface area contributed by atoms with Gasteiger partial charge >= 0.3 is 0 Å². The molecule has 0 bridgehead atoms. The first-order chi connectivity index (χ1) is 14.6. The van der Waals surface area contributed by atoms with Crippen LogP contribution in [0.4, 0.5) is 5.95 Å². The summed E-state index contributed by atoms with van der Waals surface area (Å²) in [6.45, 7) is 7.59.